The number of anilines is 2. The van der Waals surface area contributed by atoms with Crippen LogP contribution in [0.2, 0.25) is 0 Å². The van der Waals surface area contributed by atoms with E-state index in [1.54, 1.807) is 0 Å². The molecule has 1 heterocycles. The number of benzene rings is 2. The molecule has 2 aromatic carbocycles. The van der Waals surface area contributed by atoms with Crippen molar-refractivity contribution in [3.05, 3.63) is 60.2 Å². The molecule has 1 aliphatic heterocycles. The van der Waals surface area contributed by atoms with Crippen molar-refractivity contribution in [3.8, 4) is 0 Å². The maximum Gasteiger partial charge on any atom is 0.137 e. The van der Waals surface area contributed by atoms with Crippen molar-refractivity contribution in [2.24, 2.45) is 10.9 Å². The van der Waals surface area contributed by atoms with Crippen LogP contribution in [-0.2, 0) is 0 Å². The first kappa shape index (κ1) is 14.6. The quantitative estimate of drug-likeness (QED) is 0.867. The normalized spacial score (nSPS) is 17.9. The first-order valence-corrected chi connectivity index (χ1v) is 7.90. The van der Waals surface area contributed by atoms with E-state index < -0.39 is 0 Å². The molecular formula is C19H23N3. The summed E-state index contributed by atoms with van der Waals surface area (Å²) >= 11 is 0. The third-order valence-corrected chi connectivity index (χ3v) is 3.97. The Labute approximate surface area is 132 Å². The Morgan fingerprint density at radius 3 is 2.45 bits per heavy atom. The minimum absolute atomic E-state index is 0.329. The molecule has 3 rings (SSSR count). The standard InChI is InChI=1S/C19H23N3/c1-14(2)12-15-13-22(16-8-4-3-5-9-16)19(21-15)17-10-6-7-11-18(17)20/h3-11,14-15H,12-13,20H2,1-2H3/t15-/m0/s1. The fourth-order valence-electron chi connectivity index (χ4n) is 3.00. The van der Waals surface area contributed by atoms with Gasteiger partial charge in [0.1, 0.15) is 5.84 Å². The lowest BCUT2D eigenvalue weighted by Gasteiger charge is -2.22. The first-order valence-electron chi connectivity index (χ1n) is 7.90. The molecule has 0 aromatic heterocycles. The van der Waals surface area contributed by atoms with Gasteiger partial charge >= 0.3 is 0 Å². The summed E-state index contributed by atoms with van der Waals surface area (Å²) in [6.45, 7) is 5.42. The maximum absolute atomic E-state index is 6.18. The fraction of sp³-hybridized carbons (Fsp3) is 0.316. The lowest BCUT2D eigenvalue weighted by atomic mass is 10.0. The van der Waals surface area contributed by atoms with Crippen LogP contribution < -0.4 is 10.6 Å². The minimum Gasteiger partial charge on any atom is -0.398 e. The molecule has 0 saturated carbocycles. The van der Waals surface area contributed by atoms with Gasteiger partial charge in [-0.25, -0.2) is 0 Å². The number of nitrogen functional groups attached to an aromatic ring is 1. The van der Waals surface area contributed by atoms with Crippen LogP contribution in [-0.4, -0.2) is 18.4 Å². The Morgan fingerprint density at radius 1 is 1.09 bits per heavy atom. The molecule has 0 radical (unpaired) electrons. The molecule has 0 aliphatic carbocycles. The van der Waals surface area contributed by atoms with Gasteiger partial charge in [0.2, 0.25) is 0 Å². The Bertz CT molecular complexity index is 661. The van der Waals surface area contributed by atoms with E-state index in [0.717, 1.165) is 30.1 Å². The monoisotopic (exact) mass is 293 g/mol. The molecule has 3 heteroatoms. The highest BCUT2D eigenvalue weighted by atomic mass is 15.3. The number of amidine groups is 1. The Balaban J connectivity index is 1.99. The molecule has 0 fully saturated rings. The topological polar surface area (TPSA) is 41.6 Å². The van der Waals surface area contributed by atoms with Crippen LogP contribution in [0.3, 0.4) is 0 Å². The van der Waals surface area contributed by atoms with Gasteiger partial charge in [0.15, 0.2) is 0 Å². The van der Waals surface area contributed by atoms with Gasteiger partial charge in [0.05, 0.1) is 6.04 Å². The predicted molar refractivity (Wildman–Crippen MR) is 94.4 cm³/mol. The molecular weight excluding hydrogens is 270 g/mol. The van der Waals surface area contributed by atoms with E-state index in [2.05, 4.69) is 49.1 Å². The smallest absolute Gasteiger partial charge is 0.137 e. The van der Waals surface area contributed by atoms with Crippen molar-refractivity contribution in [3.63, 3.8) is 0 Å². The molecule has 0 amide bonds. The first-order chi connectivity index (χ1) is 10.6. The summed E-state index contributed by atoms with van der Waals surface area (Å²) < 4.78 is 0. The summed E-state index contributed by atoms with van der Waals surface area (Å²) in [5.41, 5.74) is 9.17. The van der Waals surface area contributed by atoms with Crippen LogP contribution >= 0.6 is 0 Å². The van der Waals surface area contributed by atoms with E-state index >= 15 is 0 Å². The van der Waals surface area contributed by atoms with Gasteiger partial charge in [0.25, 0.3) is 0 Å². The molecule has 0 saturated heterocycles. The molecule has 2 N–H and O–H groups in total. The van der Waals surface area contributed by atoms with Crippen molar-refractivity contribution in [1.29, 1.82) is 0 Å². The lowest BCUT2D eigenvalue weighted by molar-refractivity contribution is 0.515. The van der Waals surface area contributed by atoms with E-state index in [1.165, 1.54) is 5.69 Å². The summed E-state index contributed by atoms with van der Waals surface area (Å²) in [6, 6.07) is 18.7. The SMILES string of the molecule is CC(C)C[C@H]1CN(c2ccccc2)C(c2ccccc2N)=N1. The van der Waals surface area contributed by atoms with Crippen LogP contribution in [0.5, 0.6) is 0 Å². The lowest BCUT2D eigenvalue weighted by Crippen LogP contribution is -2.30. The second-order valence-electron chi connectivity index (χ2n) is 6.27. The van der Waals surface area contributed by atoms with Crippen LogP contribution in [0, 0.1) is 5.92 Å². The zero-order valence-corrected chi connectivity index (χ0v) is 13.2. The van der Waals surface area contributed by atoms with Gasteiger partial charge < -0.3 is 10.6 Å². The molecule has 114 valence electrons. The number of rotatable bonds is 4. The summed E-state index contributed by atoms with van der Waals surface area (Å²) in [4.78, 5) is 7.27. The summed E-state index contributed by atoms with van der Waals surface area (Å²) in [7, 11) is 0. The number of aliphatic imine (C=N–C) groups is 1. The van der Waals surface area contributed by atoms with Gasteiger partial charge in [-0.3, -0.25) is 4.99 Å². The number of para-hydroxylation sites is 2. The van der Waals surface area contributed by atoms with E-state index in [4.69, 9.17) is 10.7 Å². The number of nitrogens with zero attached hydrogens (tertiary/aromatic N) is 2. The summed E-state index contributed by atoms with van der Waals surface area (Å²) in [5, 5.41) is 0. The van der Waals surface area contributed by atoms with Crippen molar-refractivity contribution >= 4 is 17.2 Å². The zero-order valence-electron chi connectivity index (χ0n) is 13.2. The number of hydrogen-bond acceptors (Lipinski definition) is 3. The Hall–Kier alpha value is -2.29. The summed E-state index contributed by atoms with van der Waals surface area (Å²) in [5.74, 6) is 1.63. The molecule has 3 nitrogen and oxygen atoms in total. The molecule has 1 atom stereocenters. The van der Waals surface area contributed by atoms with Gasteiger partial charge in [-0.1, -0.05) is 44.2 Å². The molecule has 0 spiro atoms. The van der Waals surface area contributed by atoms with Crippen LogP contribution in [0.15, 0.2) is 59.6 Å². The highest BCUT2D eigenvalue weighted by Crippen LogP contribution is 2.27. The number of nitrogens with two attached hydrogens (primary N) is 1. The predicted octanol–water partition coefficient (Wildman–Crippen LogP) is 3.95. The zero-order chi connectivity index (χ0) is 15.5. The molecule has 1 aliphatic rings. The molecule has 2 aromatic rings. The molecule has 22 heavy (non-hydrogen) atoms. The Kier molecular flexibility index (Phi) is 4.14. The number of hydrogen-bond donors (Lipinski definition) is 1. The van der Waals surface area contributed by atoms with Crippen LogP contribution in [0.1, 0.15) is 25.8 Å². The molecule has 0 unspecified atom stereocenters. The Morgan fingerprint density at radius 2 is 1.77 bits per heavy atom. The van der Waals surface area contributed by atoms with Gasteiger partial charge in [0, 0.05) is 23.5 Å². The summed E-state index contributed by atoms with van der Waals surface area (Å²) in [6.07, 6.45) is 1.10. The van der Waals surface area contributed by atoms with Crippen molar-refractivity contribution in [2.75, 3.05) is 17.2 Å². The second kappa shape index (κ2) is 6.22. The minimum atomic E-state index is 0.329. The highest BCUT2D eigenvalue weighted by Gasteiger charge is 2.28. The largest absolute Gasteiger partial charge is 0.398 e. The van der Waals surface area contributed by atoms with Crippen molar-refractivity contribution in [2.45, 2.75) is 26.3 Å². The van der Waals surface area contributed by atoms with E-state index in [-0.39, 0.29) is 0 Å². The van der Waals surface area contributed by atoms with Gasteiger partial charge in [-0.15, -0.1) is 0 Å². The average molecular weight is 293 g/mol. The van der Waals surface area contributed by atoms with Gasteiger partial charge in [-0.2, -0.15) is 0 Å². The van der Waals surface area contributed by atoms with Crippen LogP contribution in [0.4, 0.5) is 11.4 Å². The van der Waals surface area contributed by atoms with Crippen molar-refractivity contribution in [1.82, 2.24) is 0 Å². The van der Waals surface area contributed by atoms with Crippen LogP contribution in [0.25, 0.3) is 0 Å². The van der Waals surface area contributed by atoms with E-state index in [9.17, 15) is 0 Å². The van der Waals surface area contributed by atoms with E-state index in [0.29, 0.717) is 12.0 Å². The highest BCUT2D eigenvalue weighted by molar-refractivity contribution is 6.14. The molecule has 0 bridgehead atoms. The second-order valence-corrected chi connectivity index (χ2v) is 6.27. The van der Waals surface area contributed by atoms with E-state index in [1.807, 2.05) is 24.3 Å². The van der Waals surface area contributed by atoms with Crippen molar-refractivity contribution < 1.29 is 0 Å². The third kappa shape index (κ3) is 2.98. The fourth-order valence-corrected chi connectivity index (χ4v) is 3.00. The third-order valence-electron chi connectivity index (χ3n) is 3.97. The van der Waals surface area contributed by atoms with Gasteiger partial charge in [-0.05, 0) is 36.6 Å². The average Bonchev–Trinajstić information content (AvgIpc) is 2.91. The maximum atomic E-state index is 6.18.